The Balaban J connectivity index is 1.81. The fourth-order valence-corrected chi connectivity index (χ4v) is 3.09. The summed E-state index contributed by atoms with van der Waals surface area (Å²) in [6, 6.07) is 3.41. The van der Waals surface area contributed by atoms with Gasteiger partial charge in [-0.1, -0.05) is 13.0 Å². The molecule has 1 heterocycles. The lowest BCUT2D eigenvalue weighted by molar-refractivity contribution is -0.122. The molecule has 1 aromatic rings. The molecule has 128 valence electrons. The number of hydrogen-bond donors (Lipinski definition) is 3. The van der Waals surface area contributed by atoms with E-state index in [-0.39, 0.29) is 18.4 Å². The second kappa shape index (κ2) is 8.36. The van der Waals surface area contributed by atoms with Gasteiger partial charge in [0.1, 0.15) is 17.7 Å². The van der Waals surface area contributed by atoms with E-state index in [1.165, 1.54) is 6.07 Å². The quantitative estimate of drug-likeness (QED) is 0.751. The van der Waals surface area contributed by atoms with Gasteiger partial charge in [-0.2, -0.15) is 0 Å². The fraction of sp³-hybridized carbons (Fsp3) is 0.588. The van der Waals surface area contributed by atoms with Crippen LogP contribution in [-0.4, -0.2) is 30.6 Å². The maximum absolute atomic E-state index is 13.6. The molecule has 0 aromatic heterocycles. The number of benzene rings is 1. The van der Waals surface area contributed by atoms with Crippen LogP contribution in [0.15, 0.2) is 18.2 Å². The molecule has 1 fully saturated rings. The third-order valence-electron chi connectivity index (χ3n) is 4.52. The fourth-order valence-electron chi connectivity index (χ4n) is 3.09. The number of aliphatic hydroxyl groups is 1. The van der Waals surface area contributed by atoms with Gasteiger partial charge in [-0.15, -0.1) is 0 Å². The van der Waals surface area contributed by atoms with Crippen molar-refractivity contribution in [3.63, 3.8) is 0 Å². The van der Waals surface area contributed by atoms with E-state index in [0.717, 1.165) is 38.1 Å². The van der Waals surface area contributed by atoms with Crippen molar-refractivity contribution < 1.29 is 18.7 Å². The average molecular weight is 326 g/mol. The molecule has 6 heteroatoms. The molecule has 1 aliphatic heterocycles. The molecule has 0 spiro atoms. The van der Waals surface area contributed by atoms with Crippen LogP contribution in [0.3, 0.4) is 0 Å². The first-order valence-electron chi connectivity index (χ1n) is 8.08. The Morgan fingerprint density at radius 1 is 1.35 bits per heavy atom. The molecule has 0 saturated carbocycles. The minimum absolute atomic E-state index is 0.199. The minimum atomic E-state index is -1.39. The first-order chi connectivity index (χ1) is 11.0. The second-order valence-electron chi connectivity index (χ2n) is 6.22. The van der Waals surface area contributed by atoms with Crippen LogP contribution >= 0.6 is 0 Å². The van der Waals surface area contributed by atoms with Crippen LogP contribution in [0.5, 0.6) is 0 Å². The summed E-state index contributed by atoms with van der Waals surface area (Å²) in [6.45, 7) is 3.79. The van der Waals surface area contributed by atoms with Gasteiger partial charge in [0.15, 0.2) is 0 Å². The predicted molar refractivity (Wildman–Crippen MR) is 83.7 cm³/mol. The second-order valence-corrected chi connectivity index (χ2v) is 6.22. The van der Waals surface area contributed by atoms with Gasteiger partial charge in [-0.25, -0.2) is 8.78 Å². The van der Waals surface area contributed by atoms with Gasteiger partial charge in [0.05, 0.1) is 5.56 Å². The molecule has 0 radical (unpaired) electrons. The molecule has 2 rings (SSSR count). The summed E-state index contributed by atoms with van der Waals surface area (Å²) in [5.74, 6) is -1.06. The SMILES string of the molecule is CC(CC(=O)NCC(O)c1c(F)cccc1F)C1CCNCC1. The standard InChI is InChI=1S/C17H24F2N2O2/c1-11(12-5-7-20-8-6-12)9-16(23)21-10-15(22)17-13(18)3-2-4-14(17)19/h2-4,11-12,15,20,22H,5-10H2,1H3,(H,21,23). The number of rotatable bonds is 6. The maximum Gasteiger partial charge on any atom is 0.220 e. The van der Waals surface area contributed by atoms with Crippen molar-refractivity contribution in [1.29, 1.82) is 0 Å². The Morgan fingerprint density at radius 2 is 1.96 bits per heavy atom. The molecule has 4 nitrogen and oxygen atoms in total. The number of halogens is 2. The molecule has 1 aromatic carbocycles. The van der Waals surface area contributed by atoms with E-state index in [4.69, 9.17) is 0 Å². The topological polar surface area (TPSA) is 61.4 Å². The molecule has 23 heavy (non-hydrogen) atoms. The van der Waals surface area contributed by atoms with Crippen molar-refractivity contribution in [2.75, 3.05) is 19.6 Å². The van der Waals surface area contributed by atoms with Crippen molar-refractivity contribution in [3.8, 4) is 0 Å². The predicted octanol–water partition coefficient (Wildman–Crippen LogP) is 2.14. The summed E-state index contributed by atoms with van der Waals surface area (Å²) in [5.41, 5.74) is -0.404. The van der Waals surface area contributed by atoms with E-state index in [0.29, 0.717) is 12.3 Å². The smallest absolute Gasteiger partial charge is 0.220 e. The Kier molecular flexibility index (Phi) is 6.47. The highest BCUT2D eigenvalue weighted by molar-refractivity contribution is 5.76. The molecule has 2 unspecified atom stereocenters. The van der Waals surface area contributed by atoms with E-state index in [2.05, 4.69) is 10.6 Å². The van der Waals surface area contributed by atoms with Gasteiger partial charge in [-0.3, -0.25) is 4.79 Å². The van der Waals surface area contributed by atoms with Crippen molar-refractivity contribution in [3.05, 3.63) is 35.4 Å². The highest BCUT2D eigenvalue weighted by Crippen LogP contribution is 2.24. The molecule has 1 saturated heterocycles. The first kappa shape index (κ1) is 17.8. The molecule has 0 bridgehead atoms. The normalized spacial score (nSPS) is 18.4. The number of nitrogens with one attached hydrogen (secondary N) is 2. The van der Waals surface area contributed by atoms with E-state index in [1.54, 1.807) is 0 Å². The van der Waals surface area contributed by atoms with Crippen LogP contribution < -0.4 is 10.6 Å². The van der Waals surface area contributed by atoms with E-state index < -0.39 is 23.3 Å². The van der Waals surface area contributed by atoms with E-state index in [9.17, 15) is 18.7 Å². The number of carbonyl (C=O) groups is 1. The van der Waals surface area contributed by atoms with Gasteiger partial charge in [0.25, 0.3) is 0 Å². The summed E-state index contributed by atoms with van der Waals surface area (Å²) in [5, 5.41) is 15.8. The van der Waals surface area contributed by atoms with Gasteiger partial charge in [0, 0.05) is 13.0 Å². The Morgan fingerprint density at radius 3 is 2.57 bits per heavy atom. The summed E-state index contributed by atoms with van der Waals surface area (Å²) in [6.07, 6.45) is 1.07. The number of hydrogen-bond acceptors (Lipinski definition) is 3. The molecule has 1 aliphatic rings. The number of piperidine rings is 1. The summed E-state index contributed by atoms with van der Waals surface area (Å²) < 4.78 is 27.1. The summed E-state index contributed by atoms with van der Waals surface area (Å²) in [4.78, 5) is 12.0. The number of aliphatic hydroxyl groups excluding tert-OH is 1. The zero-order chi connectivity index (χ0) is 16.8. The van der Waals surface area contributed by atoms with Crippen LogP contribution in [0, 0.1) is 23.5 Å². The zero-order valence-corrected chi connectivity index (χ0v) is 13.3. The first-order valence-corrected chi connectivity index (χ1v) is 8.08. The highest BCUT2D eigenvalue weighted by atomic mass is 19.1. The molecule has 2 atom stereocenters. The van der Waals surface area contributed by atoms with Crippen LogP contribution in [-0.2, 0) is 4.79 Å². The Labute approximate surface area is 135 Å². The molecular formula is C17H24F2N2O2. The van der Waals surface area contributed by atoms with Crippen LogP contribution in [0.25, 0.3) is 0 Å². The Bertz CT molecular complexity index is 513. The van der Waals surface area contributed by atoms with E-state index in [1.807, 2.05) is 6.92 Å². The summed E-state index contributed by atoms with van der Waals surface area (Å²) >= 11 is 0. The number of carbonyl (C=O) groups excluding carboxylic acids is 1. The monoisotopic (exact) mass is 326 g/mol. The van der Waals surface area contributed by atoms with Crippen LogP contribution in [0.4, 0.5) is 8.78 Å². The van der Waals surface area contributed by atoms with Crippen LogP contribution in [0.2, 0.25) is 0 Å². The lowest BCUT2D eigenvalue weighted by Gasteiger charge is -2.28. The average Bonchev–Trinajstić information content (AvgIpc) is 2.53. The number of amides is 1. The zero-order valence-electron chi connectivity index (χ0n) is 13.3. The van der Waals surface area contributed by atoms with Crippen molar-refractivity contribution in [2.24, 2.45) is 11.8 Å². The largest absolute Gasteiger partial charge is 0.386 e. The van der Waals surface area contributed by atoms with Gasteiger partial charge >= 0.3 is 0 Å². The lowest BCUT2D eigenvalue weighted by Crippen LogP contribution is -2.34. The van der Waals surface area contributed by atoms with Crippen molar-refractivity contribution in [1.82, 2.24) is 10.6 Å². The molecule has 0 aliphatic carbocycles. The summed E-state index contributed by atoms with van der Waals surface area (Å²) in [7, 11) is 0. The Hall–Kier alpha value is -1.53. The molecule has 1 amide bonds. The maximum atomic E-state index is 13.6. The van der Waals surface area contributed by atoms with Crippen molar-refractivity contribution in [2.45, 2.75) is 32.3 Å². The minimum Gasteiger partial charge on any atom is -0.386 e. The highest BCUT2D eigenvalue weighted by Gasteiger charge is 2.23. The molecule has 3 N–H and O–H groups in total. The van der Waals surface area contributed by atoms with Crippen molar-refractivity contribution >= 4 is 5.91 Å². The van der Waals surface area contributed by atoms with Gasteiger partial charge in [0.2, 0.25) is 5.91 Å². The van der Waals surface area contributed by atoms with Gasteiger partial charge in [-0.05, 0) is 49.9 Å². The van der Waals surface area contributed by atoms with Crippen LogP contribution in [0.1, 0.15) is 37.9 Å². The molecular weight excluding hydrogens is 302 g/mol. The third kappa shape index (κ3) is 4.97. The van der Waals surface area contributed by atoms with E-state index >= 15 is 0 Å². The third-order valence-corrected chi connectivity index (χ3v) is 4.52. The lowest BCUT2D eigenvalue weighted by atomic mass is 9.84. The van der Waals surface area contributed by atoms with Gasteiger partial charge < -0.3 is 15.7 Å².